The lowest BCUT2D eigenvalue weighted by Gasteiger charge is -2.34. The minimum absolute atomic E-state index is 0.175. The first-order valence-electron chi connectivity index (χ1n) is 6.45. The van der Waals surface area contributed by atoms with Crippen molar-refractivity contribution in [3.05, 3.63) is 29.8 Å². The minimum Gasteiger partial charge on any atom is -0.480 e. The number of nitrogens with zero attached hydrogens (tertiary/aromatic N) is 1. The smallest absolute Gasteiger partial charge is 0.317 e. The lowest BCUT2D eigenvalue weighted by molar-refractivity contribution is -0.139. The number of carboxylic acid groups (broad SMARTS) is 1. The molecule has 1 fully saturated rings. The molecule has 0 saturated heterocycles. The molecule has 1 heterocycles. The quantitative estimate of drug-likeness (QED) is 0.907. The second-order valence-electron chi connectivity index (χ2n) is 4.99. The third-order valence-corrected chi connectivity index (χ3v) is 4.78. The molecular formula is C14H17NO2S. The molecule has 1 atom stereocenters. The largest absolute Gasteiger partial charge is 0.480 e. The highest BCUT2D eigenvalue weighted by atomic mass is 32.2. The molecule has 0 amide bonds. The molecule has 1 aliphatic carbocycles. The molecule has 4 heteroatoms. The van der Waals surface area contributed by atoms with E-state index in [9.17, 15) is 4.79 Å². The molecule has 1 aromatic rings. The lowest BCUT2D eigenvalue weighted by Crippen LogP contribution is -2.37. The average Bonchev–Trinajstić information content (AvgIpc) is 3.19. The van der Waals surface area contributed by atoms with Gasteiger partial charge >= 0.3 is 5.97 Å². The van der Waals surface area contributed by atoms with Crippen LogP contribution in [0.25, 0.3) is 0 Å². The van der Waals surface area contributed by atoms with Crippen molar-refractivity contribution in [2.75, 3.05) is 12.3 Å². The fourth-order valence-electron chi connectivity index (χ4n) is 2.72. The summed E-state index contributed by atoms with van der Waals surface area (Å²) < 4.78 is 0. The van der Waals surface area contributed by atoms with Gasteiger partial charge in [0.15, 0.2) is 0 Å². The zero-order valence-corrected chi connectivity index (χ0v) is 11.0. The normalized spacial score (nSPS) is 22.8. The van der Waals surface area contributed by atoms with Gasteiger partial charge in [0, 0.05) is 17.0 Å². The van der Waals surface area contributed by atoms with E-state index >= 15 is 0 Å². The number of rotatable bonds is 4. The molecule has 1 aliphatic heterocycles. The highest BCUT2D eigenvalue weighted by Crippen LogP contribution is 2.43. The maximum atomic E-state index is 11.0. The fourth-order valence-corrected chi connectivity index (χ4v) is 3.83. The van der Waals surface area contributed by atoms with E-state index in [1.165, 1.54) is 10.5 Å². The van der Waals surface area contributed by atoms with Crippen LogP contribution in [0.15, 0.2) is 29.2 Å². The number of hydrogen-bond donors (Lipinski definition) is 1. The Morgan fingerprint density at radius 1 is 1.33 bits per heavy atom. The molecule has 0 aromatic heterocycles. The van der Waals surface area contributed by atoms with Crippen LogP contribution in [0, 0.1) is 0 Å². The van der Waals surface area contributed by atoms with Crippen LogP contribution >= 0.6 is 11.8 Å². The van der Waals surface area contributed by atoms with Gasteiger partial charge in [-0.15, -0.1) is 11.8 Å². The lowest BCUT2D eigenvalue weighted by atomic mass is 10.0. The van der Waals surface area contributed by atoms with Crippen molar-refractivity contribution in [3.8, 4) is 0 Å². The zero-order valence-electron chi connectivity index (χ0n) is 10.2. The molecule has 1 N–H and O–H groups in total. The molecule has 0 bridgehead atoms. The molecule has 96 valence electrons. The van der Waals surface area contributed by atoms with E-state index in [-0.39, 0.29) is 6.54 Å². The highest BCUT2D eigenvalue weighted by molar-refractivity contribution is 7.99. The number of hydrogen-bond acceptors (Lipinski definition) is 3. The molecule has 0 spiro atoms. The van der Waals surface area contributed by atoms with Crippen molar-refractivity contribution < 1.29 is 9.90 Å². The standard InChI is InChI=1S/C14H17NO2S/c16-14(17)9-15(10-5-6-10)12-7-8-18-13-4-2-1-3-11(12)13/h1-4,10,12H,5-9H2,(H,16,17). The summed E-state index contributed by atoms with van der Waals surface area (Å²) in [7, 11) is 0. The molecule has 2 aliphatic rings. The van der Waals surface area contributed by atoms with E-state index in [0.29, 0.717) is 12.1 Å². The predicted octanol–water partition coefficient (Wildman–Crippen LogP) is 2.77. The van der Waals surface area contributed by atoms with E-state index < -0.39 is 5.97 Å². The van der Waals surface area contributed by atoms with E-state index in [0.717, 1.165) is 25.0 Å². The number of carboxylic acids is 1. The van der Waals surface area contributed by atoms with E-state index in [4.69, 9.17) is 5.11 Å². The third-order valence-electron chi connectivity index (χ3n) is 3.66. The number of fused-ring (bicyclic) bond motifs is 1. The molecule has 3 nitrogen and oxygen atoms in total. The van der Waals surface area contributed by atoms with Gasteiger partial charge in [0.05, 0.1) is 6.54 Å². The summed E-state index contributed by atoms with van der Waals surface area (Å²) in [6.07, 6.45) is 3.36. The van der Waals surface area contributed by atoms with Crippen LogP contribution in [0.4, 0.5) is 0 Å². The van der Waals surface area contributed by atoms with Crippen molar-refractivity contribution in [2.45, 2.75) is 36.2 Å². The van der Waals surface area contributed by atoms with Crippen molar-refractivity contribution in [1.29, 1.82) is 0 Å². The monoisotopic (exact) mass is 263 g/mol. The van der Waals surface area contributed by atoms with Gasteiger partial charge in [0.25, 0.3) is 0 Å². The van der Waals surface area contributed by atoms with Gasteiger partial charge in [-0.1, -0.05) is 18.2 Å². The van der Waals surface area contributed by atoms with Crippen molar-refractivity contribution in [3.63, 3.8) is 0 Å². The van der Waals surface area contributed by atoms with Crippen LogP contribution in [0.5, 0.6) is 0 Å². The second kappa shape index (κ2) is 4.94. The maximum absolute atomic E-state index is 11.0. The maximum Gasteiger partial charge on any atom is 0.317 e. The van der Waals surface area contributed by atoms with Crippen LogP contribution in [0.2, 0.25) is 0 Å². The van der Waals surface area contributed by atoms with Crippen LogP contribution < -0.4 is 0 Å². The summed E-state index contributed by atoms with van der Waals surface area (Å²) >= 11 is 1.89. The Morgan fingerprint density at radius 2 is 2.11 bits per heavy atom. The first-order valence-corrected chi connectivity index (χ1v) is 7.43. The summed E-state index contributed by atoms with van der Waals surface area (Å²) in [5.41, 5.74) is 1.32. The molecule has 18 heavy (non-hydrogen) atoms. The summed E-state index contributed by atoms with van der Waals surface area (Å²) in [4.78, 5) is 14.6. The van der Waals surface area contributed by atoms with Crippen molar-refractivity contribution >= 4 is 17.7 Å². The van der Waals surface area contributed by atoms with Gasteiger partial charge in [0.1, 0.15) is 0 Å². The molecule has 0 radical (unpaired) electrons. The Labute approximate surface area is 111 Å². The molecular weight excluding hydrogens is 246 g/mol. The Kier molecular flexibility index (Phi) is 3.31. The minimum atomic E-state index is -0.711. The number of benzene rings is 1. The average molecular weight is 263 g/mol. The Bertz CT molecular complexity index is 459. The third kappa shape index (κ3) is 2.40. The first kappa shape index (κ1) is 12.1. The molecule has 1 unspecified atom stereocenters. The van der Waals surface area contributed by atoms with Crippen LogP contribution in [-0.4, -0.2) is 34.3 Å². The summed E-state index contributed by atoms with van der Waals surface area (Å²) in [5, 5.41) is 9.09. The number of aliphatic carboxylic acids is 1. The predicted molar refractivity (Wildman–Crippen MR) is 71.9 cm³/mol. The molecule has 1 saturated carbocycles. The van der Waals surface area contributed by atoms with E-state index in [1.807, 2.05) is 11.8 Å². The topological polar surface area (TPSA) is 40.5 Å². The van der Waals surface area contributed by atoms with Gasteiger partial charge in [-0.3, -0.25) is 9.69 Å². The van der Waals surface area contributed by atoms with E-state index in [1.54, 1.807) is 0 Å². The zero-order chi connectivity index (χ0) is 12.5. The van der Waals surface area contributed by atoms with Gasteiger partial charge in [-0.05, 0) is 36.6 Å². The number of thioether (sulfide) groups is 1. The SMILES string of the molecule is O=C(O)CN(C1CC1)C1CCSc2ccccc21. The second-order valence-corrected chi connectivity index (χ2v) is 6.12. The van der Waals surface area contributed by atoms with Crippen LogP contribution in [0.1, 0.15) is 30.9 Å². The fraction of sp³-hybridized carbons (Fsp3) is 0.500. The van der Waals surface area contributed by atoms with Crippen molar-refractivity contribution in [2.24, 2.45) is 0 Å². The summed E-state index contributed by atoms with van der Waals surface area (Å²) in [5.74, 6) is 0.377. The van der Waals surface area contributed by atoms with Crippen molar-refractivity contribution in [1.82, 2.24) is 4.90 Å². The molecule has 3 rings (SSSR count). The van der Waals surface area contributed by atoms with Gasteiger partial charge in [-0.25, -0.2) is 0 Å². The Balaban J connectivity index is 1.88. The van der Waals surface area contributed by atoms with E-state index in [2.05, 4.69) is 29.2 Å². The summed E-state index contributed by atoms with van der Waals surface area (Å²) in [6, 6.07) is 9.21. The Morgan fingerprint density at radius 3 is 2.83 bits per heavy atom. The van der Waals surface area contributed by atoms with Crippen LogP contribution in [-0.2, 0) is 4.79 Å². The number of carbonyl (C=O) groups is 1. The van der Waals surface area contributed by atoms with Gasteiger partial charge in [0.2, 0.25) is 0 Å². The summed E-state index contributed by atoms with van der Waals surface area (Å²) in [6.45, 7) is 0.175. The van der Waals surface area contributed by atoms with Crippen LogP contribution in [0.3, 0.4) is 0 Å². The van der Waals surface area contributed by atoms with Gasteiger partial charge in [-0.2, -0.15) is 0 Å². The highest BCUT2D eigenvalue weighted by Gasteiger charge is 2.37. The molecule has 1 aromatic carbocycles. The first-order chi connectivity index (χ1) is 8.75. The van der Waals surface area contributed by atoms with Gasteiger partial charge < -0.3 is 5.11 Å². The Hall–Kier alpha value is -1.00.